The molecule has 2 heterocycles. The van der Waals surface area contributed by atoms with Crippen LogP contribution in [0.3, 0.4) is 0 Å². The maximum absolute atomic E-state index is 4.33. The molecule has 0 aromatic carbocycles. The highest BCUT2D eigenvalue weighted by Gasteiger charge is 2.38. The molecule has 0 radical (unpaired) electrons. The summed E-state index contributed by atoms with van der Waals surface area (Å²) in [4.78, 5) is 7.08. The van der Waals surface area contributed by atoms with Gasteiger partial charge in [0.15, 0.2) is 0 Å². The lowest BCUT2D eigenvalue weighted by atomic mass is 9.98. The van der Waals surface area contributed by atoms with Gasteiger partial charge in [0, 0.05) is 50.7 Å². The molecule has 4 heteroatoms. The molecule has 118 valence electrons. The average Bonchev–Trinajstić information content (AvgIpc) is 3.19. The summed E-state index contributed by atoms with van der Waals surface area (Å²) in [5.74, 6) is 2.85. The van der Waals surface area contributed by atoms with Gasteiger partial charge in [-0.2, -0.15) is 0 Å². The number of hydrogen-bond donors (Lipinski definition) is 1. The number of aromatic nitrogens is 2. The molecule has 1 aromatic heterocycles. The van der Waals surface area contributed by atoms with Crippen molar-refractivity contribution in [1.29, 1.82) is 0 Å². The molecule has 4 nitrogen and oxygen atoms in total. The molecule has 2 atom stereocenters. The van der Waals surface area contributed by atoms with Crippen LogP contribution in [-0.4, -0.2) is 46.2 Å². The van der Waals surface area contributed by atoms with Crippen molar-refractivity contribution < 1.29 is 0 Å². The monoisotopic (exact) mass is 290 g/mol. The minimum absolute atomic E-state index is 0.670. The van der Waals surface area contributed by atoms with E-state index in [9.17, 15) is 0 Å². The van der Waals surface area contributed by atoms with Crippen molar-refractivity contribution in [3.8, 4) is 0 Å². The predicted molar refractivity (Wildman–Crippen MR) is 86.3 cm³/mol. The SMILES string of the molecule is Cc1nccn1CCN1CC(CC(C)C)NCC1C1CC1. The van der Waals surface area contributed by atoms with Crippen LogP contribution in [-0.2, 0) is 6.54 Å². The van der Waals surface area contributed by atoms with E-state index in [2.05, 4.69) is 46.7 Å². The van der Waals surface area contributed by atoms with E-state index < -0.39 is 0 Å². The smallest absolute Gasteiger partial charge is 0.105 e. The highest BCUT2D eigenvalue weighted by atomic mass is 15.3. The Morgan fingerprint density at radius 3 is 2.76 bits per heavy atom. The third kappa shape index (κ3) is 3.86. The van der Waals surface area contributed by atoms with Crippen molar-refractivity contribution in [2.24, 2.45) is 11.8 Å². The fourth-order valence-corrected chi connectivity index (χ4v) is 3.71. The number of piperazine rings is 1. The summed E-state index contributed by atoms with van der Waals surface area (Å²) in [5.41, 5.74) is 0. The third-order valence-electron chi connectivity index (χ3n) is 5.01. The molecule has 0 amide bonds. The number of imidazole rings is 1. The predicted octanol–water partition coefficient (Wildman–Crippen LogP) is 2.29. The molecule has 1 saturated carbocycles. The molecule has 2 unspecified atom stereocenters. The van der Waals surface area contributed by atoms with Crippen LogP contribution in [0.25, 0.3) is 0 Å². The fraction of sp³-hybridized carbons (Fsp3) is 0.824. The van der Waals surface area contributed by atoms with Gasteiger partial charge in [-0.05, 0) is 38.0 Å². The van der Waals surface area contributed by atoms with E-state index in [1.54, 1.807) is 0 Å². The molecule has 1 N–H and O–H groups in total. The Balaban J connectivity index is 1.59. The normalized spacial score (nSPS) is 27.4. The first kappa shape index (κ1) is 15.0. The number of aryl methyl sites for hydroxylation is 1. The molecule has 2 fully saturated rings. The molecule has 1 aliphatic carbocycles. The largest absolute Gasteiger partial charge is 0.334 e. The van der Waals surface area contributed by atoms with Crippen LogP contribution in [0.4, 0.5) is 0 Å². The maximum Gasteiger partial charge on any atom is 0.105 e. The van der Waals surface area contributed by atoms with E-state index in [-0.39, 0.29) is 0 Å². The van der Waals surface area contributed by atoms with Gasteiger partial charge >= 0.3 is 0 Å². The molecule has 1 aliphatic heterocycles. The van der Waals surface area contributed by atoms with E-state index >= 15 is 0 Å². The summed E-state index contributed by atoms with van der Waals surface area (Å²) in [7, 11) is 0. The summed E-state index contributed by atoms with van der Waals surface area (Å²) < 4.78 is 2.28. The van der Waals surface area contributed by atoms with Crippen LogP contribution in [0.2, 0.25) is 0 Å². The van der Waals surface area contributed by atoms with Crippen LogP contribution in [0.5, 0.6) is 0 Å². The molecule has 1 saturated heterocycles. The van der Waals surface area contributed by atoms with E-state index in [0.717, 1.165) is 36.8 Å². The van der Waals surface area contributed by atoms with Crippen LogP contribution < -0.4 is 5.32 Å². The molecular weight excluding hydrogens is 260 g/mol. The molecule has 0 bridgehead atoms. The van der Waals surface area contributed by atoms with Gasteiger partial charge < -0.3 is 9.88 Å². The Morgan fingerprint density at radius 2 is 2.14 bits per heavy atom. The van der Waals surface area contributed by atoms with Crippen molar-refractivity contribution in [3.63, 3.8) is 0 Å². The van der Waals surface area contributed by atoms with Crippen LogP contribution in [0.1, 0.15) is 38.9 Å². The van der Waals surface area contributed by atoms with Crippen LogP contribution in [0.15, 0.2) is 12.4 Å². The number of rotatable bonds is 6. The molecule has 0 spiro atoms. The third-order valence-corrected chi connectivity index (χ3v) is 5.01. The summed E-state index contributed by atoms with van der Waals surface area (Å²) in [6, 6.07) is 1.43. The second-order valence-corrected chi connectivity index (χ2v) is 7.30. The van der Waals surface area contributed by atoms with Gasteiger partial charge in [-0.25, -0.2) is 4.98 Å². The lowest BCUT2D eigenvalue weighted by Crippen LogP contribution is -2.58. The second kappa shape index (κ2) is 6.49. The van der Waals surface area contributed by atoms with Gasteiger partial charge in [-0.3, -0.25) is 4.90 Å². The minimum Gasteiger partial charge on any atom is -0.334 e. The Bertz CT molecular complexity index is 449. The van der Waals surface area contributed by atoms with E-state index in [0.29, 0.717) is 6.04 Å². The zero-order valence-corrected chi connectivity index (χ0v) is 13.8. The summed E-state index contributed by atoms with van der Waals surface area (Å²) in [6.45, 7) is 11.4. The summed E-state index contributed by atoms with van der Waals surface area (Å²) in [5, 5.41) is 3.80. The topological polar surface area (TPSA) is 33.1 Å². The van der Waals surface area contributed by atoms with Gasteiger partial charge in [-0.1, -0.05) is 13.8 Å². The fourth-order valence-electron chi connectivity index (χ4n) is 3.71. The Labute approximate surface area is 128 Å². The first-order valence-electron chi connectivity index (χ1n) is 8.58. The number of nitrogens with one attached hydrogen (secondary N) is 1. The van der Waals surface area contributed by atoms with E-state index in [4.69, 9.17) is 0 Å². The second-order valence-electron chi connectivity index (χ2n) is 7.30. The molecule has 1 aromatic rings. The quantitative estimate of drug-likeness (QED) is 0.872. The summed E-state index contributed by atoms with van der Waals surface area (Å²) >= 11 is 0. The lowest BCUT2D eigenvalue weighted by Gasteiger charge is -2.41. The van der Waals surface area contributed by atoms with Crippen molar-refractivity contribution >= 4 is 0 Å². The number of nitrogens with zero attached hydrogens (tertiary/aromatic N) is 3. The Kier molecular flexibility index (Phi) is 4.65. The lowest BCUT2D eigenvalue weighted by molar-refractivity contribution is 0.103. The highest BCUT2D eigenvalue weighted by Crippen LogP contribution is 2.36. The molecule has 3 rings (SSSR count). The van der Waals surface area contributed by atoms with Gasteiger partial charge in [0.1, 0.15) is 5.82 Å². The molecular formula is C17H30N4. The molecule has 21 heavy (non-hydrogen) atoms. The van der Waals surface area contributed by atoms with E-state index in [1.165, 1.54) is 32.4 Å². The van der Waals surface area contributed by atoms with Gasteiger partial charge in [0.25, 0.3) is 0 Å². The number of hydrogen-bond acceptors (Lipinski definition) is 3. The van der Waals surface area contributed by atoms with Crippen LogP contribution >= 0.6 is 0 Å². The van der Waals surface area contributed by atoms with Crippen molar-refractivity contribution in [1.82, 2.24) is 19.8 Å². The van der Waals surface area contributed by atoms with E-state index in [1.807, 2.05) is 6.20 Å². The zero-order valence-electron chi connectivity index (χ0n) is 13.8. The van der Waals surface area contributed by atoms with Crippen molar-refractivity contribution in [2.45, 2.75) is 58.7 Å². The zero-order chi connectivity index (χ0) is 14.8. The first-order chi connectivity index (χ1) is 10.1. The summed E-state index contributed by atoms with van der Waals surface area (Å²) in [6.07, 6.45) is 8.17. The maximum atomic E-state index is 4.33. The first-order valence-corrected chi connectivity index (χ1v) is 8.58. The van der Waals surface area contributed by atoms with Gasteiger partial charge in [0.05, 0.1) is 0 Å². The average molecular weight is 290 g/mol. The van der Waals surface area contributed by atoms with Gasteiger partial charge in [-0.15, -0.1) is 0 Å². The highest BCUT2D eigenvalue weighted by molar-refractivity contribution is 4.96. The minimum atomic E-state index is 0.670. The molecule has 2 aliphatic rings. The van der Waals surface area contributed by atoms with Crippen molar-refractivity contribution in [2.75, 3.05) is 19.6 Å². The Hall–Kier alpha value is -0.870. The van der Waals surface area contributed by atoms with Crippen molar-refractivity contribution in [3.05, 3.63) is 18.2 Å². The van der Waals surface area contributed by atoms with Gasteiger partial charge in [0.2, 0.25) is 0 Å². The Morgan fingerprint density at radius 1 is 1.33 bits per heavy atom. The standard InChI is InChI=1S/C17H30N4/c1-13(2)10-16-12-21(17(11-19-16)15-4-5-15)9-8-20-7-6-18-14(20)3/h6-7,13,15-17,19H,4-5,8-12H2,1-3H3. The van der Waals surface area contributed by atoms with Crippen LogP contribution in [0, 0.1) is 18.8 Å².